The average molecular weight is 336 g/mol. The molecule has 0 aromatic carbocycles. The van der Waals surface area contributed by atoms with E-state index in [0.717, 1.165) is 50.2 Å². The highest BCUT2D eigenvalue weighted by Crippen LogP contribution is 2.44. The highest BCUT2D eigenvalue weighted by Gasteiger charge is 2.31. The molecule has 4 aromatic rings. The maximum atomic E-state index is 10.3. The summed E-state index contributed by atoms with van der Waals surface area (Å²) in [5.74, 6) is 0.440. The first-order chi connectivity index (χ1) is 11.7. The van der Waals surface area contributed by atoms with E-state index in [-0.39, 0.29) is 6.10 Å². The first-order valence-corrected chi connectivity index (χ1v) is 8.87. The molecule has 1 aliphatic carbocycles. The Kier molecular flexibility index (Phi) is 2.98. The van der Waals surface area contributed by atoms with Crippen molar-refractivity contribution < 1.29 is 5.11 Å². The summed E-state index contributed by atoms with van der Waals surface area (Å²) in [6.07, 6.45) is 5.70. The van der Waals surface area contributed by atoms with Gasteiger partial charge in [-0.1, -0.05) is 0 Å². The van der Waals surface area contributed by atoms with E-state index >= 15 is 0 Å². The lowest BCUT2D eigenvalue weighted by atomic mass is 10.1. The largest absolute Gasteiger partial charge is 0.387 e. The Morgan fingerprint density at radius 2 is 2.12 bits per heavy atom. The van der Waals surface area contributed by atoms with E-state index < -0.39 is 0 Å². The second kappa shape index (κ2) is 5.09. The third-order valence-electron chi connectivity index (χ3n) is 4.53. The van der Waals surface area contributed by atoms with Crippen LogP contribution in [0.4, 0.5) is 0 Å². The van der Waals surface area contributed by atoms with Crippen molar-refractivity contribution in [1.82, 2.24) is 19.7 Å². The summed E-state index contributed by atoms with van der Waals surface area (Å²) < 4.78 is 1.77. The minimum absolute atomic E-state index is 0.332. The molecule has 4 heterocycles. The van der Waals surface area contributed by atoms with E-state index in [1.807, 2.05) is 25.5 Å². The van der Waals surface area contributed by atoms with Gasteiger partial charge >= 0.3 is 0 Å². The van der Waals surface area contributed by atoms with Crippen molar-refractivity contribution >= 4 is 32.6 Å². The van der Waals surface area contributed by atoms with Gasteiger partial charge in [-0.3, -0.25) is 4.68 Å². The molecule has 4 aromatic heterocycles. The van der Waals surface area contributed by atoms with Gasteiger partial charge in [-0.05, 0) is 43.0 Å². The summed E-state index contributed by atoms with van der Waals surface area (Å²) >= 11 is 1.59. The molecule has 1 atom stereocenters. The lowest BCUT2D eigenvalue weighted by molar-refractivity contribution is 0.157. The van der Waals surface area contributed by atoms with Crippen molar-refractivity contribution in [3.05, 3.63) is 41.5 Å². The highest BCUT2D eigenvalue weighted by atomic mass is 32.1. The smallest absolute Gasteiger partial charge is 0.181 e. The molecule has 1 saturated carbocycles. The van der Waals surface area contributed by atoms with Crippen molar-refractivity contribution in [2.75, 3.05) is 0 Å². The van der Waals surface area contributed by atoms with Gasteiger partial charge in [-0.25, -0.2) is 9.97 Å². The minimum atomic E-state index is -0.332. The molecule has 0 aliphatic heterocycles. The molecule has 0 amide bonds. The van der Waals surface area contributed by atoms with Crippen LogP contribution in [0.5, 0.6) is 0 Å². The number of hydrogen-bond acceptors (Lipinski definition) is 5. The Morgan fingerprint density at radius 1 is 1.25 bits per heavy atom. The maximum absolute atomic E-state index is 10.3. The van der Waals surface area contributed by atoms with Crippen molar-refractivity contribution in [3.63, 3.8) is 0 Å². The Hall–Kier alpha value is -2.31. The summed E-state index contributed by atoms with van der Waals surface area (Å²) in [6.45, 7) is 0. The molecular formula is C18H16N4OS. The molecule has 0 radical (unpaired) electrons. The van der Waals surface area contributed by atoms with E-state index in [1.54, 1.807) is 16.0 Å². The molecule has 5 rings (SSSR count). The third-order valence-corrected chi connectivity index (χ3v) is 5.65. The second-order valence-electron chi connectivity index (χ2n) is 6.46. The van der Waals surface area contributed by atoms with Gasteiger partial charge in [0, 0.05) is 40.7 Å². The fourth-order valence-corrected chi connectivity index (χ4v) is 4.17. The van der Waals surface area contributed by atoms with Gasteiger partial charge in [0.2, 0.25) is 0 Å². The lowest BCUT2D eigenvalue weighted by Crippen LogP contribution is -1.95. The molecule has 5 nitrogen and oxygen atoms in total. The quantitative estimate of drug-likeness (QED) is 0.620. The van der Waals surface area contributed by atoms with E-state index in [9.17, 15) is 5.11 Å². The molecule has 0 spiro atoms. The van der Waals surface area contributed by atoms with Crippen LogP contribution in [0, 0.1) is 5.92 Å². The number of rotatable bonds is 3. The predicted octanol–water partition coefficient (Wildman–Crippen LogP) is 3.69. The van der Waals surface area contributed by atoms with E-state index in [2.05, 4.69) is 28.3 Å². The van der Waals surface area contributed by atoms with Gasteiger partial charge in [-0.2, -0.15) is 5.10 Å². The SMILES string of the molecule is Cn1cc2cc(-c3ccc4cc([C@H](O)C5CC5)sc4n3)cnc2n1. The van der Waals surface area contributed by atoms with Crippen LogP contribution in [-0.4, -0.2) is 24.9 Å². The number of aliphatic hydroxyl groups excluding tert-OH is 1. The number of aromatic nitrogens is 4. The zero-order chi connectivity index (χ0) is 16.3. The Balaban J connectivity index is 1.57. The van der Waals surface area contributed by atoms with E-state index in [0.29, 0.717) is 5.92 Å². The zero-order valence-electron chi connectivity index (χ0n) is 13.2. The standard InChI is InChI=1S/C18H16N4OS/c1-22-9-13-6-12(8-19-17(13)21-22)14-5-4-11-7-15(24-18(11)20-14)16(23)10-2-3-10/h4-10,16,23H,2-3H2,1H3/t16-/m1/s1. The Labute approximate surface area is 142 Å². The van der Waals surface area contributed by atoms with Crippen LogP contribution < -0.4 is 0 Å². The van der Waals surface area contributed by atoms with E-state index in [1.165, 1.54) is 0 Å². The van der Waals surface area contributed by atoms with Crippen LogP contribution >= 0.6 is 11.3 Å². The summed E-state index contributed by atoms with van der Waals surface area (Å²) in [5.41, 5.74) is 2.62. The second-order valence-corrected chi connectivity index (χ2v) is 7.52. The molecule has 6 heteroatoms. The van der Waals surface area contributed by atoms with Gasteiger partial charge in [-0.15, -0.1) is 11.3 Å². The van der Waals surface area contributed by atoms with Crippen molar-refractivity contribution in [2.45, 2.75) is 18.9 Å². The number of nitrogens with zero attached hydrogens (tertiary/aromatic N) is 4. The zero-order valence-corrected chi connectivity index (χ0v) is 14.0. The number of hydrogen-bond donors (Lipinski definition) is 1. The van der Waals surface area contributed by atoms with Gasteiger partial charge in [0.25, 0.3) is 0 Å². The van der Waals surface area contributed by atoms with Crippen LogP contribution in [0.25, 0.3) is 32.5 Å². The van der Waals surface area contributed by atoms with Gasteiger partial charge in [0.15, 0.2) is 5.65 Å². The number of pyridine rings is 2. The Morgan fingerprint density at radius 3 is 2.96 bits per heavy atom. The fraction of sp³-hybridized carbons (Fsp3) is 0.278. The minimum Gasteiger partial charge on any atom is -0.387 e. The molecule has 0 bridgehead atoms. The summed E-state index contributed by atoms with van der Waals surface area (Å²) in [6, 6.07) is 8.23. The van der Waals surface area contributed by atoms with Crippen molar-refractivity contribution in [1.29, 1.82) is 0 Å². The molecule has 120 valence electrons. The summed E-state index contributed by atoms with van der Waals surface area (Å²) in [5, 5.41) is 16.7. The first-order valence-electron chi connectivity index (χ1n) is 8.06. The van der Waals surface area contributed by atoms with Gasteiger partial charge in [0.1, 0.15) is 4.83 Å². The topological polar surface area (TPSA) is 63.8 Å². The lowest BCUT2D eigenvalue weighted by Gasteiger charge is -2.03. The Bertz CT molecular complexity index is 1060. The highest BCUT2D eigenvalue weighted by molar-refractivity contribution is 7.18. The first kappa shape index (κ1) is 14.1. The molecular weight excluding hydrogens is 320 g/mol. The van der Waals surface area contributed by atoms with Crippen LogP contribution in [0.1, 0.15) is 23.8 Å². The molecule has 0 unspecified atom stereocenters. The molecule has 24 heavy (non-hydrogen) atoms. The average Bonchev–Trinajstić information content (AvgIpc) is 3.23. The van der Waals surface area contributed by atoms with Crippen LogP contribution in [0.2, 0.25) is 0 Å². The maximum Gasteiger partial charge on any atom is 0.181 e. The van der Waals surface area contributed by atoms with Gasteiger partial charge < -0.3 is 5.11 Å². The van der Waals surface area contributed by atoms with E-state index in [4.69, 9.17) is 4.98 Å². The van der Waals surface area contributed by atoms with Crippen LogP contribution in [-0.2, 0) is 7.05 Å². The third kappa shape index (κ3) is 2.30. The molecule has 1 fully saturated rings. The van der Waals surface area contributed by atoms with Crippen molar-refractivity contribution in [2.24, 2.45) is 13.0 Å². The molecule has 0 saturated heterocycles. The monoisotopic (exact) mass is 336 g/mol. The number of thiophene rings is 1. The normalized spacial score (nSPS) is 16.1. The number of aryl methyl sites for hydroxylation is 1. The number of fused-ring (bicyclic) bond motifs is 2. The fourth-order valence-electron chi connectivity index (χ4n) is 3.06. The predicted molar refractivity (Wildman–Crippen MR) is 94.8 cm³/mol. The van der Waals surface area contributed by atoms with Gasteiger partial charge in [0.05, 0.1) is 11.8 Å². The number of aliphatic hydroxyl groups is 1. The summed E-state index contributed by atoms with van der Waals surface area (Å²) in [7, 11) is 1.89. The van der Waals surface area contributed by atoms with Crippen molar-refractivity contribution in [3.8, 4) is 11.3 Å². The molecule has 1 aliphatic rings. The molecule has 1 N–H and O–H groups in total. The van der Waals surface area contributed by atoms with Crippen LogP contribution in [0.3, 0.4) is 0 Å². The van der Waals surface area contributed by atoms with Crippen LogP contribution in [0.15, 0.2) is 36.7 Å². The summed E-state index contributed by atoms with van der Waals surface area (Å²) in [4.78, 5) is 11.2.